The first-order valence-corrected chi connectivity index (χ1v) is 3.99. The number of amides is 1. The van der Waals surface area contributed by atoms with Crippen molar-refractivity contribution in [2.75, 3.05) is 6.54 Å². The molecular formula is C11H8N2O. The number of hydrogen-bond donors (Lipinski definition) is 1. The van der Waals surface area contributed by atoms with Gasteiger partial charge in [0.05, 0.1) is 18.2 Å². The standard InChI is InChI=1S/C11H8N2O/c1-2-6-13-11(14)10-5-3-4-9(7-10)8-12/h1,3-5,7H,6H2,(H,13,14). The maximum absolute atomic E-state index is 11.4. The quantitative estimate of drug-likeness (QED) is 0.695. The number of terminal acetylenes is 1. The molecule has 3 heteroatoms. The van der Waals surface area contributed by atoms with Gasteiger partial charge in [-0.3, -0.25) is 4.79 Å². The number of nitrogens with one attached hydrogen (secondary N) is 1. The van der Waals surface area contributed by atoms with Gasteiger partial charge in [0, 0.05) is 5.56 Å². The molecule has 0 aliphatic rings. The lowest BCUT2D eigenvalue weighted by molar-refractivity contribution is 0.0958. The van der Waals surface area contributed by atoms with Crippen molar-refractivity contribution in [2.45, 2.75) is 0 Å². The van der Waals surface area contributed by atoms with Crippen LogP contribution in [0.2, 0.25) is 0 Å². The summed E-state index contributed by atoms with van der Waals surface area (Å²) in [5.41, 5.74) is 0.901. The molecule has 1 rings (SSSR count). The smallest absolute Gasteiger partial charge is 0.252 e. The van der Waals surface area contributed by atoms with Crippen molar-refractivity contribution >= 4 is 5.91 Å². The van der Waals surface area contributed by atoms with E-state index in [2.05, 4.69) is 11.2 Å². The second-order valence-corrected chi connectivity index (χ2v) is 2.58. The van der Waals surface area contributed by atoms with Crippen LogP contribution in [-0.4, -0.2) is 12.5 Å². The van der Waals surface area contributed by atoms with Gasteiger partial charge >= 0.3 is 0 Å². The third kappa shape index (κ3) is 2.36. The van der Waals surface area contributed by atoms with E-state index in [0.29, 0.717) is 11.1 Å². The van der Waals surface area contributed by atoms with E-state index in [-0.39, 0.29) is 12.5 Å². The van der Waals surface area contributed by atoms with E-state index in [1.807, 2.05) is 6.07 Å². The van der Waals surface area contributed by atoms with Crippen LogP contribution in [0.4, 0.5) is 0 Å². The van der Waals surface area contributed by atoms with Crippen LogP contribution in [-0.2, 0) is 0 Å². The first kappa shape index (κ1) is 9.83. The zero-order valence-electron chi connectivity index (χ0n) is 7.45. The Labute approximate surface area is 82.4 Å². The van der Waals surface area contributed by atoms with Crippen LogP contribution in [0, 0.1) is 23.7 Å². The molecule has 0 radical (unpaired) electrons. The zero-order chi connectivity index (χ0) is 10.4. The molecule has 68 valence electrons. The van der Waals surface area contributed by atoms with Crippen molar-refractivity contribution in [1.29, 1.82) is 5.26 Å². The number of rotatable bonds is 2. The molecule has 0 unspecified atom stereocenters. The summed E-state index contributed by atoms with van der Waals surface area (Å²) in [6, 6.07) is 8.40. The third-order valence-corrected chi connectivity index (χ3v) is 1.60. The summed E-state index contributed by atoms with van der Waals surface area (Å²) < 4.78 is 0. The molecule has 1 amide bonds. The second-order valence-electron chi connectivity index (χ2n) is 2.58. The van der Waals surface area contributed by atoms with Crippen LogP contribution in [0.3, 0.4) is 0 Å². The van der Waals surface area contributed by atoms with Gasteiger partial charge in [0.25, 0.3) is 5.91 Å². The van der Waals surface area contributed by atoms with Gasteiger partial charge in [-0.05, 0) is 18.2 Å². The Hall–Kier alpha value is -2.26. The Morgan fingerprint density at radius 2 is 2.36 bits per heavy atom. The number of carbonyl (C=O) groups excluding carboxylic acids is 1. The van der Waals surface area contributed by atoms with Gasteiger partial charge < -0.3 is 5.32 Å². The fraction of sp³-hybridized carbons (Fsp3) is 0.0909. The van der Waals surface area contributed by atoms with E-state index in [9.17, 15) is 4.79 Å². The molecule has 0 saturated carbocycles. The molecule has 0 heterocycles. The predicted octanol–water partition coefficient (Wildman–Crippen LogP) is 0.921. The minimum absolute atomic E-state index is 0.190. The minimum atomic E-state index is -0.264. The molecule has 14 heavy (non-hydrogen) atoms. The highest BCUT2D eigenvalue weighted by molar-refractivity contribution is 5.94. The second kappa shape index (κ2) is 4.69. The SMILES string of the molecule is C#CCNC(=O)c1cccc(C#N)c1. The van der Waals surface area contributed by atoms with Crippen molar-refractivity contribution in [3.05, 3.63) is 35.4 Å². The van der Waals surface area contributed by atoms with Crippen molar-refractivity contribution in [2.24, 2.45) is 0 Å². The van der Waals surface area contributed by atoms with E-state index in [1.165, 1.54) is 6.07 Å². The highest BCUT2D eigenvalue weighted by atomic mass is 16.1. The Morgan fingerprint density at radius 3 is 3.00 bits per heavy atom. The molecule has 1 aromatic carbocycles. The van der Waals surface area contributed by atoms with Gasteiger partial charge in [0.15, 0.2) is 0 Å². The molecule has 1 aromatic rings. The third-order valence-electron chi connectivity index (χ3n) is 1.60. The van der Waals surface area contributed by atoms with Gasteiger partial charge in [-0.1, -0.05) is 12.0 Å². The summed E-state index contributed by atoms with van der Waals surface area (Å²) >= 11 is 0. The highest BCUT2D eigenvalue weighted by Crippen LogP contribution is 2.03. The Bertz CT molecular complexity index is 424. The van der Waals surface area contributed by atoms with E-state index < -0.39 is 0 Å². The van der Waals surface area contributed by atoms with Crippen LogP contribution < -0.4 is 5.32 Å². The maximum atomic E-state index is 11.4. The summed E-state index contributed by atoms with van der Waals surface area (Å²) in [6.45, 7) is 0.190. The minimum Gasteiger partial charge on any atom is -0.341 e. The fourth-order valence-electron chi connectivity index (χ4n) is 0.963. The van der Waals surface area contributed by atoms with Crippen molar-refractivity contribution in [3.63, 3.8) is 0 Å². The van der Waals surface area contributed by atoms with Crippen molar-refractivity contribution in [3.8, 4) is 18.4 Å². The van der Waals surface area contributed by atoms with E-state index in [0.717, 1.165) is 0 Å². The van der Waals surface area contributed by atoms with E-state index in [1.54, 1.807) is 18.2 Å². The van der Waals surface area contributed by atoms with Crippen LogP contribution >= 0.6 is 0 Å². The molecule has 0 saturated heterocycles. The molecule has 0 spiro atoms. The number of nitriles is 1. The van der Waals surface area contributed by atoms with Crippen LogP contribution in [0.5, 0.6) is 0 Å². The topological polar surface area (TPSA) is 52.9 Å². The molecule has 0 aliphatic carbocycles. The Kier molecular flexibility index (Phi) is 3.29. The first-order chi connectivity index (χ1) is 6.77. The van der Waals surface area contributed by atoms with Crippen molar-refractivity contribution < 1.29 is 4.79 Å². The van der Waals surface area contributed by atoms with Crippen LogP contribution in [0.25, 0.3) is 0 Å². The Morgan fingerprint density at radius 1 is 1.57 bits per heavy atom. The predicted molar refractivity (Wildman–Crippen MR) is 52.3 cm³/mol. The number of carbonyl (C=O) groups is 1. The molecule has 0 aliphatic heterocycles. The van der Waals surface area contributed by atoms with Gasteiger partial charge in [0.1, 0.15) is 0 Å². The molecule has 0 aromatic heterocycles. The summed E-state index contributed by atoms with van der Waals surface area (Å²) in [4.78, 5) is 11.4. The molecule has 3 nitrogen and oxygen atoms in total. The summed E-state index contributed by atoms with van der Waals surface area (Å²) in [6.07, 6.45) is 4.99. The fourth-order valence-corrected chi connectivity index (χ4v) is 0.963. The van der Waals surface area contributed by atoms with Crippen LogP contribution in [0.15, 0.2) is 24.3 Å². The van der Waals surface area contributed by atoms with E-state index in [4.69, 9.17) is 11.7 Å². The lowest BCUT2D eigenvalue weighted by atomic mass is 10.1. The Balaban J connectivity index is 2.82. The molecule has 0 bridgehead atoms. The highest BCUT2D eigenvalue weighted by Gasteiger charge is 2.03. The van der Waals surface area contributed by atoms with Gasteiger partial charge in [-0.25, -0.2) is 0 Å². The number of benzene rings is 1. The first-order valence-electron chi connectivity index (χ1n) is 3.99. The summed E-state index contributed by atoms with van der Waals surface area (Å²) in [5, 5.41) is 11.1. The zero-order valence-corrected chi connectivity index (χ0v) is 7.45. The maximum Gasteiger partial charge on any atom is 0.252 e. The van der Waals surface area contributed by atoms with Gasteiger partial charge in [-0.2, -0.15) is 5.26 Å². The monoisotopic (exact) mass is 184 g/mol. The van der Waals surface area contributed by atoms with Crippen molar-refractivity contribution in [1.82, 2.24) is 5.32 Å². The summed E-state index contributed by atoms with van der Waals surface area (Å²) in [5.74, 6) is 2.04. The number of hydrogen-bond acceptors (Lipinski definition) is 2. The van der Waals surface area contributed by atoms with Crippen LogP contribution in [0.1, 0.15) is 15.9 Å². The van der Waals surface area contributed by atoms with Gasteiger partial charge in [-0.15, -0.1) is 6.42 Å². The average Bonchev–Trinajstić information content (AvgIpc) is 2.26. The normalized spacial score (nSPS) is 8.43. The summed E-state index contributed by atoms with van der Waals surface area (Å²) in [7, 11) is 0. The molecule has 1 N–H and O–H groups in total. The average molecular weight is 184 g/mol. The lowest BCUT2D eigenvalue weighted by Gasteiger charge is -2.00. The molecular weight excluding hydrogens is 176 g/mol. The van der Waals surface area contributed by atoms with E-state index >= 15 is 0 Å². The largest absolute Gasteiger partial charge is 0.341 e. The molecule has 0 fully saturated rings. The lowest BCUT2D eigenvalue weighted by Crippen LogP contribution is -2.23. The van der Waals surface area contributed by atoms with Gasteiger partial charge in [0.2, 0.25) is 0 Å². The number of nitrogens with zero attached hydrogens (tertiary/aromatic N) is 1. The molecule has 0 atom stereocenters.